The van der Waals surface area contributed by atoms with Crippen molar-refractivity contribution in [1.82, 2.24) is 29.6 Å². The monoisotopic (exact) mass is 286 g/mol. The van der Waals surface area contributed by atoms with Gasteiger partial charge in [-0.05, 0) is 13.8 Å². The maximum atomic E-state index is 4.50. The van der Waals surface area contributed by atoms with Crippen molar-refractivity contribution >= 4 is 0 Å². The standard InChI is InChI=1S/C15H22N6/c1-10(2)15-19-18-14-9-20(5-6-21(14)15)12(4)13-8-16-11(3)7-17-13/h7-8,10,12H,5-6,9H2,1-4H3. The summed E-state index contributed by atoms with van der Waals surface area (Å²) in [6.45, 7) is 11.2. The van der Waals surface area contributed by atoms with Gasteiger partial charge < -0.3 is 4.57 Å². The van der Waals surface area contributed by atoms with Crippen LogP contribution in [0, 0.1) is 6.92 Å². The molecule has 0 amide bonds. The molecule has 21 heavy (non-hydrogen) atoms. The highest BCUT2D eigenvalue weighted by atomic mass is 15.3. The molecule has 0 spiro atoms. The lowest BCUT2D eigenvalue weighted by Crippen LogP contribution is -2.36. The third kappa shape index (κ3) is 2.68. The van der Waals surface area contributed by atoms with Crippen LogP contribution in [0.5, 0.6) is 0 Å². The fraction of sp³-hybridized carbons (Fsp3) is 0.600. The molecule has 112 valence electrons. The molecule has 2 aromatic rings. The van der Waals surface area contributed by atoms with Crippen molar-refractivity contribution in [3.8, 4) is 0 Å². The highest BCUT2D eigenvalue weighted by Gasteiger charge is 2.26. The molecule has 0 aromatic carbocycles. The molecule has 3 rings (SSSR count). The second-order valence-electron chi connectivity index (χ2n) is 6.01. The Balaban J connectivity index is 1.78. The van der Waals surface area contributed by atoms with E-state index in [-0.39, 0.29) is 6.04 Å². The number of rotatable bonds is 3. The minimum atomic E-state index is 0.242. The van der Waals surface area contributed by atoms with Crippen molar-refractivity contribution < 1.29 is 0 Å². The minimum absolute atomic E-state index is 0.242. The lowest BCUT2D eigenvalue weighted by Gasteiger charge is -2.32. The number of fused-ring (bicyclic) bond motifs is 1. The van der Waals surface area contributed by atoms with Gasteiger partial charge in [-0.1, -0.05) is 13.8 Å². The Labute approximate surface area is 125 Å². The Morgan fingerprint density at radius 2 is 1.86 bits per heavy atom. The van der Waals surface area contributed by atoms with E-state index in [2.05, 4.69) is 50.4 Å². The van der Waals surface area contributed by atoms with Gasteiger partial charge in [-0.3, -0.25) is 14.9 Å². The molecule has 0 saturated heterocycles. The SMILES string of the molecule is Cc1cnc(C(C)N2CCn3c(nnc3C(C)C)C2)cn1. The molecule has 0 aliphatic carbocycles. The first kappa shape index (κ1) is 14.1. The van der Waals surface area contributed by atoms with Crippen LogP contribution in [-0.2, 0) is 13.1 Å². The van der Waals surface area contributed by atoms with Crippen LogP contribution in [0.3, 0.4) is 0 Å². The number of aromatic nitrogens is 5. The third-order valence-electron chi connectivity index (χ3n) is 4.10. The maximum absolute atomic E-state index is 4.50. The number of hydrogen-bond donors (Lipinski definition) is 0. The van der Waals surface area contributed by atoms with Crippen LogP contribution in [-0.4, -0.2) is 36.2 Å². The molecule has 2 aromatic heterocycles. The lowest BCUT2D eigenvalue weighted by molar-refractivity contribution is 0.159. The second-order valence-corrected chi connectivity index (χ2v) is 6.01. The highest BCUT2D eigenvalue weighted by Crippen LogP contribution is 2.24. The fourth-order valence-electron chi connectivity index (χ4n) is 2.76. The zero-order valence-electron chi connectivity index (χ0n) is 13.1. The van der Waals surface area contributed by atoms with E-state index in [0.29, 0.717) is 5.92 Å². The molecule has 0 radical (unpaired) electrons. The smallest absolute Gasteiger partial charge is 0.147 e. The molecule has 0 N–H and O–H groups in total. The highest BCUT2D eigenvalue weighted by molar-refractivity contribution is 5.08. The summed E-state index contributed by atoms with van der Waals surface area (Å²) < 4.78 is 2.26. The van der Waals surface area contributed by atoms with Crippen LogP contribution in [0.15, 0.2) is 12.4 Å². The van der Waals surface area contributed by atoms with E-state index in [1.165, 1.54) is 0 Å². The summed E-state index contributed by atoms with van der Waals surface area (Å²) in [5, 5.41) is 8.69. The Morgan fingerprint density at radius 1 is 1.05 bits per heavy atom. The van der Waals surface area contributed by atoms with E-state index < -0.39 is 0 Å². The molecule has 1 unspecified atom stereocenters. The quantitative estimate of drug-likeness (QED) is 0.864. The average Bonchev–Trinajstić information content (AvgIpc) is 2.90. The first-order valence-corrected chi connectivity index (χ1v) is 7.51. The summed E-state index contributed by atoms with van der Waals surface area (Å²) in [5.41, 5.74) is 1.96. The predicted octanol–water partition coefficient (Wildman–Crippen LogP) is 2.08. The van der Waals surface area contributed by atoms with E-state index in [1.54, 1.807) is 0 Å². The van der Waals surface area contributed by atoms with Crippen molar-refractivity contribution in [2.24, 2.45) is 0 Å². The molecular formula is C15H22N6. The van der Waals surface area contributed by atoms with Gasteiger partial charge >= 0.3 is 0 Å². The topological polar surface area (TPSA) is 59.7 Å². The van der Waals surface area contributed by atoms with Crippen LogP contribution >= 0.6 is 0 Å². The van der Waals surface area contributed by atoms with Crippen LogP contribution in [0.4, 0.5) is 0 Å². The van der Waals surface area contributed by atoms with Crippen LogP contribution in [0.25, 0.3) is 0 Å². The predicted molar refractivity (Wildman–Crippen MR) is 79.7 cm³/mol. The third-order valence-corrected chi connectivity index (χ3v) is 4.10. The molecular weight excluding hydrogens is 264 g/mol. The van der Waals surface area contributed by atoms with E-state index >= 15 is 0 Å². The summed E-state index contributed by atoms with van der Waals surface area (Å²) in [7, 11) is 0. The summed E-state index contributed by atoms with van der Waals surface area (Å²) in [6, 6.07) is 0.242. The first-order chi connectivity index (χ1) is 10.1. The van der Waals surface area contributed by atoms with Gasteiger partial charge in [0, 0.05) is 25.2 Å². The van der Waals surface area contributed by atoms with Crippen LogP contribution < -0.4 is 0 Å². The summed E-state index contributed by atoms with van der Waals surface area (Å²) >= 11 is 0. The number of aryl methyl sites for hydroxylation is 1. The van der Waals surface area contributed by atoms with Gasteiger partial charge in [-0.25, -0.2) is 0 Å². The lowest BCUT2D eigenvalue weighted by atomic mass is 10.1. The van der Waals surface area contributed by atoms with Gasteiger partial charge in [0.15, 0.2) is 0 Å². The molecule has 3 heterocycles. The summed E-state index contributed by atoms with van der Waals surface area (Å²) in [5.74, 6) is 2.56. The zero-order chi connectivity index (χ0) is 15.0. The van der Waals surface area contributed by atoms with Crippen LogP contribution in [0.1, 0.15) is 55.8 Å². The molecule has 0 fully saturated rings. The van der Waals surface area contributed by atoms with Gasteiger partial charge in [-0.2, -0.15) is 0 Å². The number of hydrogen-bond acceptors (Lipinski definition) is 5. The summed E-state index contributed by atoms with van der Waals surface area (Å²) in [4.78, 5) is 11.2. The van der Waals surface area contributed by atoms with Gasteiger partial charge in [-0.15, -0.1) is 10.2 Å². The Bertz CT molecular complexity index is 616. The van der Waals surface area contributed by atoms with Gasteiger partial charge in [0.05, 0.1) is 30.2 Å². The molecule has 0 saturated carbocycles. The zero-order valence-corrected chi connectivity index (χ0v) is 13.1. The van der Waals surface area contributed by atoms with E-state index in [4.69, 9.17) is 0 Å². The average molecular weight is 286 g/mol. The van der Waals surface area contributed by atoms with Gasteiger partial charge in [0.25, 0.3) is 0 Å². The largest absolute Gasteiger partial charge is 0.312 e. The van der Waals surface area contributed by atoms with Crippen molar-refractivity contribution in [2.75, 3.05) is 6.54 Å². The Kier molecular flexibility index (Phi) is 3.71. The Morgan fingerprint density at radius 3 is 2.52 bits per heavy atom. The Hall–Kier alpha value is -1.82. The maximum Gasteiger partial charge on any atom is 0.147 e. The van der Waals surface area contributed by atoms with Crippen molar-refractivity contribution in [3.05, 3.63) is 35.4 Å². The van der Waals surface area contributed by atoms with Crippen molar-refractivity contribution in [1.29, 1.82) is 0 Å². The van der Waals surface area contributed by atoms with E-state index in [9.17, 15) is 0 Å². The molecule has 1 atom stereocenters. The minimum Gasteiger partial charge on any atom is -0.312 e. The normalized spacial score (nSPS) is 17.0. The second kappa shape index (κ2) is 5.52. The van der Waals surface area contributed by atoms with Crippen LogP contribution in [0.2, 0.25) is 0 Å². The molecule has 6 nitrogen and oxygen atoms in total. The van der Waals surface area contributed by atoms with Crippen molar-refractivity contribution in [3.63, 3.8) is 0 Å². The van der Waals surface area contributed by atoms with Gasteiger partial charge in [0.1, 0.15) is 11.6 Å². The van der Waals surface area contributed by atoms with E-state index in [0.717, 1.165) is 42.7 Å². The molecule has 1 aliphatic rings. The molecule has 6 heteroatoms. The number of nitrogens with zero attached hydrogens (tertiary/aromatic N) is 6. The summed E-state index contributed by atoms with van der Waals surface area (Å²) in [6.07, 6.45) is 3.70. The fourth-order valence-corrected chi connectivity index (χ4v) is 2.76. The molecule has 1 aliphatic heterocycles. The first-order valence-electron chi connectivity index (χ1n) is 7.51. The van der Waals surface area contributed by atoms with E-state index in [1.807, 2.05) is 19.3 Å². The molecule has 0 bridgehead atoms. The van der Waals surface area contributed by atoms with Gasteiger partial charge in [0.2, 0.25) is 0 Å². The van der Waals surface area contributed by atoms with Crippen molar-refractivity contribution in [2.45, 2.75) is 52.7 Å².